The van der Waals surface area contributed by atoms with Crippen molar-refractivity contribution in [2.45, 2.75) is 31.3 Å². The van der Waals surface area contributed by atoms with Gasteiger partial charge in [-0.05, 0) is 32.0 Å². The smallest absolute Gasteiger partial charge is 0.251 e. The highest BCUT2D eigenvalue weighted by molar-refractivity contribution is 6.22. The molecule has 1 unspecified atom stereocenters. The first-order valence-corrected chi connectivity index (χ1v) is 7.52. The Labute approximate surface area is 124 Å². The Balaban J connectivity index is 1.56. The number of carbonyl (C=O) groups is 2. The number of amides is 2. The van der Waals surface area contributed by atoms with Gasteiger partial charge in [0.15, 0.2) is 0 Å². The number of likely N-dealkylation sites (N-methyl/N-ethyl adjacent to an activating group) is 1. The number of imide groups is 1. The van der Waals surface area contributed by atoms with E-state index in [-0.39, 0.29) is 24.3 Å². The molecule has 5 nitrogen and oxygen atoms in total. The highest BCUT2D eigenvalue weighted by atomic mass is 16.2. The summed E-state index contributed by atoms with van der Waals surface area (Å²) < 4.78 is 0. The van der Waals surface area contributed by atoms with E-state index >= 15 is 0 Å². The van der Waals surface area contributed by atoms with Gasteiger partial charge in [-0.3, -0.25) is 9.59 Å². The maximum Gasteiger partial charge on any atom is 0.251 e. The van der Waals surface area contributed by atoms with Gasteiger partial charge in [-0.2, -0.15) is 0 Å². The fourth-order valence-corrected chi connectivity index (χ4v) is 2.75. The van der Waals surface area contributed by atoms with Gasteiger partial charge in [-0.15, -0.1) is 0 Å². The van der Waals surface area contributed by atoms with Crippen molar-refractivity contribution in [1.29, 1.82) is 0 Å². The van der Waals surface area contributed by atoms with E-state index in [1.807, 2.05) is 18.2 Å². The van der Waals surface area contributed by atoms with Crippen molar-refractivity contribution in [1.82, 2.24) is 10.2 Å². The summed E-state index contributed by atoms with van der Waals surface area (Å²) in [5.41, 5.74) is 0.659. The van der Waals surface area contributed by atoms with E-state index < -0.39 is 0 Å². The summed E-state index contributed by atoms with van der Waals surface area (Å²) in [5.74, 6) is -0.264. The number of carbonyl (C=O) groups excluding carboxylic acids is 2. The van der Waals surface area contributed by atoms with E-state index in [2.05, 4.69) is 17.3 Å². The Kier molecular flexibility index (Phi) is 4.03. The topological polar surface area (TPSA) is 52.7 Å². The minimum Gasteiger partial charge on any atom is -0.304 e. The van der Waals surface area contributed by atoms with Crippen LogP contribution in [0.5, 0.6) is 0 Å². The lowest BCUT2D eigenvalue weighted by molar-refractivity contribution is -0.121. The van der Waals surface area contributed by atoms with E-state index in [0.717, 1.165) is 13.1 Å². The quantitative estimate of drug-likeness (QED) is 0.793. The molecule has 1 heterocycles. The van der Waals surface area contributed by atoms with Crippen molar-refractivity contribution in [3.05, 3.63) is 30.3 Å². The number of para-hydroxylation sites is 1. The van der Waals surface area contributed by atoms with Gasteiger partial charge in [0, 0.05) is 19.1 Å². The number of hydrogen-bond donors (Lipinski definition) is 1. The minimum atomic E-state index is -0.384. The molecule has 1 N–H and O–H groups in total. The van der Waals surface area contributed by atoms with Crippen LogP contribution >= 0.6 is 0 Å². The average molecular weight is 287 g/mol. The standard InChI is InChI=1S/C16H21N3O2/c1-18(12-7-8-12)10-9-17-14-11-15(20)19(16(14)21)13-5-3-2-4-6-13/h2-6,12,14,17H,7-11H2,1H3. The Bertz CT molecular complexity index is 528. The average Bonchev–Trinajstić information content (AvgIpc) is 3.28. The van der Waals surface area contributed by atoms with E-state index in [1.165, 1.54) is 17.7 Å². The number of nitrogens with zero attached hydrogens (tertiary/aromatic N) is 2. The van der Waals surface area contributed by atoms with Crippen LogP contribution in [0.4, 0.5) is 5.69 Å². The minimum absolute atomic E-state index is 0.126. The highest BCUT2D eigenvalue weighted by Crippen LogP contribution is 2.25. The molecule has 0 radical (unpaired) electrons. The van der Waals surface area contributed by atoms with Crippen LogP contribution in [0.15, 0.2) is 30.3 Å². The third-order valence-corrected chi connectivity index (χ3v) is 4.19. The van der Waals surface area contributed by atoms with Crippen molar-refractivity contribution in [3.63, 3.8) is 0 Å². The van der Waals surface area contributed by atoms with Gasteiger partial charge in [0.1, 0.15) is 0 Å². The zero-order valence-electron chi connectivity index (χ0n) is 12.3. The maximum absolute atomic E-state index is 12.4. The van der Waals surface area contributed by atoms with Gasteiger partial charge in [0.25, 0.3) is 5.91 Å². The summed E-state index contributed by atoms with van der Waals surface area (Å²) in [6, 6.07) is 9.46. The van der Waals surface area contributed by atoms with Gasteiger partial charge < -0.3 is 10.2 Å². The molecule has 1 atom stereocenters. The van der Waals surface area contributed by atoms with Gasteiger partial charge in [0.05, 0.1) is 18.2 Å². The van der Waals surface area contributed by atoms with E-state index in [4.69, 9.17) is 0 Å². The second-order valence-corrected chi connectivity index (χ2v) is 5.83. The summed E-state index contributed by atoms with van der Waals surface area (Å²) in [4.78, 5) is 28.0. The summed E-state index contributed by atoms with van der Waals surface area (Å²) in [6.07, 6.45) is 2.80. The molecule has 2 aliphatic rings. The van der Waals surface area contributed by atoms with E-state index in [9.17, 15) is 9.59 Å². The molecule has 1 aliphatic carbocycles. The molecule has 1 aromatic rings. The van der Waals surface area contributed by atoms with Crippen molar-refractivity contribution in [3.8, 4) is 0 Å². The molecular formula is C16H21N3O2. The molecule has 0 spiro atoms. The molecule has 3 rings (SSSR count). The second kappa shape index (κ2) is 5.95. The van der Waals surface area contributed by atoms with Gasteiger partial charge in [-0.25, -0.2) is 4.90 Å². The Hall–Kier alpha value is -1.72. The highest BCUT2D eigenvalue weighted by Gasteiger charge is 2.39. The molecule has 5 heteroatoms. The SMILES string of the molecule is CN(CCNC1CC(=O)N(c2ccccc2)C1=O)C1CC1. The first-order chi connectivity index (χ1) is 10.2. The van der Waals surface area contributed by atoms with Crippen LogP contribution in [0.3, 0.4) is 0 Å². The molecule has 2 amide bonds. The first-order valence-electron chi connectivity index (χ1n) is 7.52. The van der Waals surface area contributed by atoms with E-state index in [1.54, 1.807) is 12.1 Å². The largest absolute Gasteiger partial charge is 0.304 e. The normalized spacial score (nSPS) is 22.4. The van der Waals surface area contributed by atoms with Crippen LogP contribution in [0.25, 0.3) is 0 Å². The summed E-state index contributed by atoms with van der Waals surface area (Å²) >= 11 is 0. The number of hydrogen-bond acceptors (Lipinski definition) is 4. The summed E-state index contributed by atoms with van der Waals surface area (Å²) in [5, 5.41) is 3.22. The lowest BCUT2D eigenvalue weighted by Gasteiger charge is -2.18. The van der Waals surface area contributed by atoms with Crippen molar-refractivity contribution in [2.75, 3.05) is 25.0 Å². The van der Waals surface area contributed by atoms with Crippen molar-refractivity contribution < 1.29 is 9.59 Å². The van der Waals surface area contributed by atoms with Gasteiger partial charge in [-0.1, -0.05) is 18.2 Å². The van der Waals surface area contributed by atoms with Crippen molar-refractivity contribution >= 4 is 17.5 Å². The predicted molar refractivity (Wildman–Crippen MR) is 81.0 cm³/mol. The lowest BCUT2D eigenvalue weighted by atomic mass is 10.2. The molecule has 1 aromatic carbocycles. The zero-order chi connectivity index (χ0) is 14.8. The molecule has 1 saturated carbocycles. The molecule has 2 fully saturated rings. The third-order valence-electron chi connectivity index (χ3n) is 4.19. The van der Waals surface area contributed by atoms with Gasteiger partial charge in [0.2, 0.25) is 5.91 Å². The third kappa shape index (κ3) is 3.14. The van der Waals surface area contributed by atoms with Crippen LogP contribution in [0, 0.1) is 0 Å². The van der Waals surface area contributed by atoms with Crippen LogP contribution in [0.2, 0.25) is 0 Å². The number of nitrogens with one attached hydrogen (secondary N) is 1. The number of benzene rings is 1. The lowest BCUT2D eigenvalue weighted by Crippen LogP contribution is -2.42. The van der Waals surface area contributed by atoms with Crippen LogP contribution in [0.1, 0.15) is 19.3 Å². The fourth-order valence-electron chi connectivity index (χ4n) is 2.75. The van der Waals surface area contributed by atoms with Crippen molar-refractivity contribution in [2.24, 2.45) is 0 Å². The molecule has 1 saturated heterocycles. The maximum atomic E-state index is 12.4. The molecule has 21 heavy (non-hydrogen) atoms. The summed E-state index contributed by atoms with van der Waals surface area (Å²) in [7, 11) is 2.11. The molecule has 1 aliphatic heterocycles. The number of anilines is 1. The first kappa shape index (κ1) is 14.2. The molecule has 112 valence electrons. The Morgan fingerprint density at radius 2 is 1.95 bits per heavy atom. The van der Waals surface area contributed by atoms with Crippen LogP contribution < -0.4 is 10.2 Å². The fraction of sp³-hybridized carbons (Fsp3) is 0.500. The number of rotatable bonds is 6. The molecule has 0 bridgehead atoms. The van der Waals surface area contributed by atoms with Gasteiger partial charge >= 0.3 is 0 Å². The van der Waals surface area contributed by atoms with E-state index in [0.29, 0.717) is 11.7 Å². The summed E-state index contributed by atoms with van der Waals surface area (Å²) in [6.45, 7) is 1.65. The van der Waals surface area contributed by atoms with Crippen LogP contribution in [-0.4, -0.2) is 48.9 Å². The Morgan fingerprint density at radius 3 is 2.62 bits per heavy atom. The predicted octanol–water partition coefficient (Wildman–Crippen LogP) is 1.00. The molecular weight excluding hydrogens is 266 g/mol. The Morgan fingerprint density at radius 1 is 1.24 bits per heavy atom. The zero-order valence-corrected chi connectivity index (χ0v) is 12.3. The second-order valence-electron chi connectivity index (χ2n) is 5.83. The van der Waals surface area contributed by atoms with Crippen LogP contribution in [-0.2, 0) is 9.59 Å². The monoisotopic (exact) mass is 287 g/mol. The molecule has 0 aromatic heterocycles.